The van der Waals surface area contributed by atoms with Gasteiger partial charge in [-0.1, -0.05) is 36.4 Å². The summed E-state index contributed by atoms with van der Waals surface area (Å²) in [6.07, 6.45) is -0.461. The summed E-state index contributed by atoms with van der Waals surface area (Å²) in [7, 11) is 1.34. The highest BCUT2D eigenvalue weighted by molar-refractivity contribution is 5.90. The highest BCUT2D eigenvalue weighted by Crippen LogP contribution is 2.31. The van der Waals surface area contributed by atoms with E-state index in [0.717, 1.165) is 16.7 Å². The molecule has 0 aliphatic rings. The van der Waals surface area contributed by atoms with E-state index in [0.29, 0.717) is 5.56 Å². The van der Waals surface area contributed by atoms with Crippen LogP contribution in [0.2, 0.25) is 0 Å². The molecule has 0 heterocycles. The van der Waals surface area contributed by atoms with Crippen molar-refractivity contribution < 1.29 is 19.1 Å². The van der Waals surface area contributed by atoms with Crippen molar-refractivity contribution in [2.45, 2.75) is 20.0 Å². The lowest BCUT2D eigenvalue weighted by molar-refractivity contribution is -0.145. The van der Waals surface area contributed by atoms with E-state index in [1.807, 2.05) is 36.4 Å². The van der Waals surface area contributed by atoms with Crippen LogP contribution in [0.5, 0.6) is 0 Å². The third kappa shape index (κ3) is 3.52. The first-order valence-corrected chi connectivity index (χ1v) is 6.98. The molecule has 4 nitrogen and oxygen atoms in total. The summed E-state index contributed by atoms with van der Waals surface area (Å²) in [4.78, 5) is 23.0. The van der Waals surface area contributed by atoms with Gasteiger partial charge in [-0.2, -0.15) is 0 Å². The van der Waals surface area contributed by atoms with Crippen molar-refractivity contribution in [1.82, 2.24) is 0 Å². The molecule has 0 amide bonds. The minimum absolute atomic E-state index is 0.366. The molecule has 0 aliphatic heterocycles. The first-order valence-electron chi connectivity index (χ1n) is 6.98. The third-order valence-electron chi connectivity index (χ3n) is 3.34. The van der Waals surface area contributed by atoms with Crippen LogP contribution >= 0.6 is 0 Å². The molecule has 0 unspecified atom stereocenters. The van der Waals surface area contributed by atoms with Crippen LogP contribution in [0.4, 0.5) is 0 Å². The summed E-state index contributed by atoms with van der Waals surface area (Å²) in [6, 6.07) is 15.0. The molecule has 0 fully saturated rings. The van der Waals surface area contributed by atoms with Crippen LogP contribution in [0.1, 0.15) is 35.9 Å². The molecule has 0 aliphatic carbocycles. The summed E-state index contributed by atoms with van der Waals surface area (Å²) in [5, 5.41) is 0. The Morgan fingerprint density at radius 3 is 2.32 bits per heavy atom. The maximum atomic E-state index is 11.7. The van der Waals surface area contributed by atoms with Crippen LogP contribution in [0.15, 0.2) is 48.5 Å². The summed E-state index contributed by atoms with van der Waals surface area (Å²) in [5.41, 5.74) is 3.11. The molecule has 0 spiro atoms. The van der Waals surface area contributed by atoms with Gasteiger partial charge in [0.1, 0.15) is 6.10 Å². The van der Waals surface area contributed by atoms with Crippen molar-refractivity contribution in [3.8, 4) is 11.1 Å². The Morgan fingerprint density at radius 1 is 1.05 bits per heavy atom. The molecule has 2 aromatic carbocycles. The number of carbonyl (C=O) groups is 2. The highest BCUT2D eigenvalue weighted by Gasteiger charge is 2.17. The molecular weight excluding hydrogens is 280 g/mol. The van der Waals surface area contributed by atoms with Crippen molar-refractivity contribution in [2.24, 2.45) is 0 Å². The molecule has 22 heavy (non-hydrogen) atoms. The number of rotatable bonds is 4. The first-order chi connectivity index (χ1) is 10.5. The molecule has 0 radical (unpaired) electrons. The second-order valence-electron chi connectivity index (χ2n) is 4.91. The SMILES string of the molecule is COC(=O)c1ccc(-c2ccccc2)c([C@@H](C)OC(C)=O)c1. The number of benzene rings is 2. The molecule has 0 N–H and O–H groups in total. The number of hydrogen-bond acceptors (Lipinski definition) is 4. The predicted octanol–water partition coefficient (Wildman–Crippen LogP) is 3.76. The summed E-state index contributed by atoms with van der Waals surface area (Å²) >= 11 is 0. The van der Waals surface area contributed by atoms with Gasteiger partial charge in [-0.15, -0.1) is 0 Å². The maximum Gasteiger partial charge on any atom is 0.337 e. The van der Waals surface area contributed by atoms with Crippen molar-refractivity contribution in [3.63, 3.8) is 0 Å². The van der Waals surface area contributed by atoms with E-state index in [1.165, 1.54) is 14.0 Å². The van der Waals surface area contributed by atoms with Crippen LogP contribution in [0.3, 0.4) is 0 Å². The van der Waals surface area contributed by atoms with Crippen LogP contribution in [0.25, 0.3) is 11.1 Å². The fourth-order valence-corrected chi connectivity index (χ4v) is 2.34. The van der Waals surface area contributed by atoms with Crippen LogP contribution < -0.4 is 0 Å². The van der Waals surface area contributed by atoms with Gasteiger partial charge in [0.2, 0.25) is 0 Å². The first kappa shape index (κ1) is 15.8. The van der Waals surface area contributed by atoms with E-state index in [2.05, 4.69) is 0 Å². The van der Waals surface area contributed by atoms with Gasteiger partial charge in [-0.3, -0.25) is 4.79 Å². The molecule has 0 saturated heterocycles. The molecule has 1 atom stereocenters. The predicted molar refractivity (Wildman–Crippen MR) is 83.4 cm³/mol. The lowest BCUT2D eigenvalue weighted by Gasteiger charge is -2.18. The summed E-state index contributed by atoms with van der Waals surface area (Å²) in [5.74, 6) is -0.786. The second-order valence-corrected chi connectivity index (χ2v) is 4.91. The fourth-order valence-electron chi connectivity index (χ4n) is 2.34. The molecule has 4 heteroatoms. The molecule has 114 valence electrons. The molecule has 2 rings (SSSR count). The minimum atomic E-state index is -0.461. The molecule has 2 aromatic rings. The monoisotopic (exact) mass is 298 g/mol. The van der Waals surface area contributed by atoms with Crippen molar-refractivity contribution in [1.29, 1.82) is 0 Å². The quantitative estimate of drug-likeness (QED) is 0.806. The average molecular weight is 298 g/mol. The summed E-state index contributed by atoms with van der Waals surface area (Å²) < 4.78 is 10.0. The lowest BCUT2D eigenvalue weighted by Crippen LogP contribution is -2.09. The zero-order valence-electron chi connectivity index (χ0n) is 12.8. The lowest BCUT2D eigenvalue weighted by atomic mass is 9.94. The van der Waals surface area contributed by atoms with E-state index in [9.17, 15) is 9.59 Å². The Labute approximate surface area is 129 Å². The normalized spacial score (nSPS) is 11.6. The highest BCUT2D eigenvalue weighted by atomic mass is 16.5. The van der Waals surface area contributed by atoms with Crippen molar-refractivity contribution in [2.75, 3.05) is 7.11 Å². The van der Waals surface area contributed by atoms with Crippen molar-refractivity contribution >= 4 is 11.9 Å². The van der Waals surface area contributed by atoms with Crippen LogP contribution in [-0.4, -0.2) is 19.0 Å². The van der Waals surface area contributed by atoms with Crippen LogP contribution in [0, 0.1) is 0 Å². The van der Waals surface area contributed by atoms with E-state index in [4.69, 9.17) is 9.47 Å². The topological polar surface area (TPSA) is 52.6 Å². The van der Waals surface area contributed by atoms with E-state index in [-0.39, 0.29) is 5.97 Å². The smallest absolute Gasteiger partial charge is 0.337 e. The Bertz CT molecular complexity index is 677. The van der Waals surface area contributed by atoms with Gasteiger partial charge < -0.3 is 9.47 Å². The maximum absolute atomic E-state index is 11.7. The standard InChI is InChI=1S/C18H18O4/c1-12(22-13(2)19)17-11-15(18(20)21-3)9-10-16(17)14-7-5-4-6-8-14/h4-12H,1-3H3/t12-/m1/s1. The largest absolute Gasteiger partial charge is 0.465 e. The average Bonchev–Trinajstić information content (AvgIpc) is 2.53. The Morgan fingerprint density at radius 2 is 1.73 bits per heavy atom. The molecule has 0 saturated carbocycles. The van der Waals surface area contributed by atoms with Gasteiger partial charge in [0.15, 0.2) is 0 Å². The Balaban J connectivity index is 2.53. The van der Waals surface area contributed by atoms with Gasteiger partial charge in [0.25, 0.3) is 0 Å². The van der Waals surface area contributed by atoms with E-state index < -0.39 is 12.1 Å². The number of carbonyl (C=O) groups excluding carboxylic acids is 2. The van der Waals surface area contributed by atoms with Crippen molar-refractivity contribution in [3.05, 3.63) is 59.7 Å². The molecular formula is C18H18O4. The number of hydrogen-bond donors (Lipinski definition) is 0. The summed E-state index contributed by atoms with van der Waals surface area (Å²) in [6.45, 7) is 3.15. The van der Waals surface area contributed by atoms with Crippen LogP contribution in [-0.2, 0) is 14.3 Å². The Kier molecular flexibility index (Phi) is 4.94. The van der Waals surface area contributed by atoms with Gasteiger partial charge in [-0.25, -0.2) is 4.79 Å². The van der Waals surface area contributed by atoms with E-state index in [1.54, 1.807) is 19.1 Å². The van der Waals surface area contributed by atoms with Gasteiger partial charge in [-0.05, 0) is 30.2 Å². The Hall–Kier alpha value is -2.62. The minimum Gasteiger partial charge on any atom is -0.465 e. The molecule has 0 bridgehead atoms. The van der Waals surface area contributed by atoms with Gasteiger partial charge in [0, 0.05) is 12.5 Å². The number of esters is 2. The van der Waals surface area contributed by atoms with Gasteiger partial charge >= 0.3 is 11.9 Å². The number of ether oxygens (including phenoxy) is 2. The zero-order valence-corrected chi connectivity index (χ0v) is 12.8. The molecule has 0 aromatic heterocycles. The number of methoxy groups -OCH3 is 1. The van der Waals surface area contributed by atoms with Gasteiger partial charge in [0.05, 0.1) is 12.7 Å². The zero-order chi connectivity index (χ0) is 16.1. The fraction of sp³-hybridized carbons (Fsp3) is 0.222. The second kappa shape index (κ2) is 6.89. The third-order valence-corrected chi connectivity index (χ3v) is 3.34. The van der Waals surface area contributed by atoms with E-state index >= 15 is 0 Å².